The molecule has 0 saturated carbocycles. The van der Waals surface area contributed by atoms with Crippen LogP contribution in [0.15, 0.2) is 55.4 Å². The molecule has 6 rings (SSSR count). The van der Waals surface area contributed by atoms with E-state index in [2.05, 4.69) is 44.0 Å². The van der Waals surface area contributed by atoms with Gasteiger partial charge in [-0.15, -0.1) is 0 Å². The zero-order chi connectivity index (χ0) is 28.7. The average Bonchev–Trinajstić information content (AvgIpc) is 3.46. The van der Waals surface area contributed by atoms with Crippen LogP contribution in [0, 0.1) is 11.6 Å². The van der Waals surface area contributed by atoms with Gasteiger partial charge in [-0.2, -0.15) is 0 Å². The van der Waals surface area contributed by atoms with E-state index in [1.165, 1.54) is 18.5 Å². The van der Waals surface area contributed by atoms with Crippen molar-refractivity contribution in [3.63, 3.8) is 0 Å². The normalized spacial score (nSPS) is 21.8. The van der Waals surface area contributed by atoms with Gasteiger partial charge in [0.15, 0.2) is 17.5 Å². The Morgan fingerprint density at radius 3 is 2.66 bits per heavy atom. The predicted octanol–water partition coefficient (Wildman–Crippen LogP) is 4.41. The van der Waals surface area contributed by atoms with Crippen molar-refractivity contribution in [2.24, 2.45) is 0 Å². The van der Waals surface area contributed by atoms with Gasteiger partial charge in [0, 0.05) is 43.7 Å². The number of nitrogens with one attached hydrogen (secondary N) is 2. The van der Waals surface area contributed by atoms with Gasteiger partial charge in [0.2, 0.25) is 5.91 Å². The zero-order valence-electron chi connectivity index (χ0n) is 22.8. The Bertz CT molecular complexity index is 1480. The monoisotopic (exact) mass is 563 g/mol. The number of rotatable bonds is 8. The van der Waals surface area contributed by atoms with E-state index < -0.39 is 11.6 Å². The minimum absolute atomic E-state index is 0.316. The number of anilines is 5. The van der Waals surface area contributed by atoms with Crippen LogP contribution in [-0.4, -0.2) is 66.7 Å². The summed E-state index contributed by atoms with van der Waals surface area (Å²) in [5.74, 6) is -0.660. The maximum Gasteiger partial charge on any atom is 0.247 e. The SMILES string of the molecule is C=CC(=O)Nc1cc(Nc2cc(N3OCC[C@@H]3c3ccc(F)c(F)c3)ncn2)c(OC)cc1N1C2CC1CN(C)C2. The molecule has 1 amide bonds. The highest BCUT2D eigenvalue weighted by Gasteiger charge is 2.44. The summed E-state index contributed by atoms with van der Waals surface area (Å²) >= 11 is 0. The van der Waals surface area contributed by atoms with Crippen molar-refractivity contribution in [3.8, 4) is 5.75 Å². The molecule has 2 N–H and O–H groups in total. The lowest BCUT2D eigenvalue weighted by Crippen LogP contribution is -2.68. The maximum atomic E-state index is 13.9. The number of carbonyl (C=O) groups is 1. The Hall–Kier alpha value is -4.29. The highest BCUT2D eigenvalue weighted by molar-refractivity contribution is 6.02. The lowest BCUT2D eigenvalue weighted by molar-refractivity contribution is -0.111. The first kappa shape index (κ1) is 26.9. The molecule has 1 aromatic heterocycles. The van der Waals surface area contributed by atoms with E-state index in [-0.39, 0.29) is 11.9 Å². The first-order valence-corrected chi connectivity index (χ1v) is 13.4. The van der Waals surface area contributed by atoms with Crippen LogP contribution in [0.3, 0.4) is 0 Å². The fraction of sp³-hybridized carbons (Fsp3) is 0.345. The number of carbonyl (C=O) groups excluding carboxylic acids is 1. The highest BCUT2D eigenvalue weighted by atomic mass is 19.2. The van der Waals surface area contributed by atoms with Crippen LogP contribution in [0.2, 0.25) is 0 Å². The van der Waals surface area contributed by atoms with E-state index in [1.54, 1.807) is 24.3 Å². The molecule has 3 aliphatic rings. The first-order chi connectivity index (χ1) is 19.8. The molecule has 3 aliphatic heterocycles. The van der Waals surface area contributed by atoms with Gasteiger partial charge in [0.1, 0.15) is 17.9 Å². The Morgan fingerprint density at radius 2 is 1.93 bits per heavy atom. The number of ether oxygens (including phenoxy) is 1. The second kappa shape index (κ2) is 10.9. The Morgan fingerprint density at radius 1 is 1.12 bits per heavy atom. The summed E-state index contributed by atoms with van der Waals surface area (Å²) in [4.78, 5) is 31.6. The summed E-state index contributed by atoms with van der Waals surface area (Å²) in [7, 11) is 3.71. The minimum Gasteiger partial charge on any atom is -0.494 e. The van der Waals surface area contributed by atoms with Gasteiger partial charge < -0.3 is 25.2 Å². The maximum absolute atomic E-state index is 13.9. The van der Waals surface area contributed by atoms with Gasteiger partial charge in [0.25, 0.3) is 0 Å². The molecule has 3 fully saturated rings. The number of fused-ring (bicyclic) bond motifs is 2. The number of piperidine rings is 1. The Labute approximate surface area is 236 Å². The van der Waals surface area contributed by atoms with Gasteiger partial charge in [-0.1, -0.05) is 12.6 Å². The van der Waals surface area contributed by atoms with Gasteiger partial charge in [0.05, 0.1) is 36.8 Å². The number of amides is 1. The van der Waals surface area contributed by atoms with Gasteiger partial charge in [-0.25, -0.2) is 23.8 Å². The molecule has 3 aromatic rings. The number of aromatic nitrogens is 2. The number of benzene rings is 2. The van der Waals surface area contributed by atoms with Crippen LogP contribution in [-0.2, 0) is 9.63 Å². The molecular weight excluding hydrogens is 532 g/mol. The molecule has 41 heavy (non-hydrogen) atoms. The molecular formula is C29H31F2N7O3. The van der Waals surface area contributed by atoms with Crippen LogP contribution in [0.1, 0.15) is 24.4 Å². The van der Waals surface area contributed by atoms with Crippen LogP contribution in [0.4, 0.5) is 37.5 Å². The molecule has 2 aromatic carbocycles. The fourth-order valence-corrected chi connectivity index (χ4v) is 5.94. The van der Waals surface area contributed by atoms with E-state index in [0.717, 1.165) is 31.3 Å². The van der Waals surface area contributed by atoms with Crippen molar-refractivity contribution >= 4 is 34.6 Å². The van der Waals surface area contributed by atoms with Crippen LogP contribution >= 0.6 is 0 Å². The second-order valence-electron chi connectivity index (χ2n) is 10.5. The summed E-state index contributed by atoms with van der Waals surface area (Å²) in [6.45, 7) is 5.88. The summed E-state index contributed by atoms with van der Waals surface area (Å²) in [5.41, 5.74) is 2.69. The van der Waals surface area contributed by atoms with E-state index in [4.69, 9.17) is 9.57 Å². The number of nitrogens with zero attached hydrogens (tertiary/aromatic N) is 5. The number of methoxy groups -OCH3 is 1. The van der Waals surface area contributed by atoms with Crippen molar-refractivity contribution < 1.29 is 23.1 Å². The predicted molar refractivity (Wildman–Crippen MR) is 151 cm³/mol. The standard InChI is InChI=1S/C29H31F2N7O3/c1-4-29(39)35-22-11-23(26(40-3)12-25(22)37-18-10-19(37)15-36(2)14-18)34-27-13-28(33-16-32-27)38-24(7-8-41-38)17-5-6-20(30)21(31)9-17/h4-6,9,11-13,16,18-19,24H,1,7-8,10,14-15H2,2-3H3,(H,35,39)(H,32,33,34)/t18?,19?,24-/m1/s1. The van der Waals surface area contributed by atoms with Crippen molar-refractivity contribution in [2.45, 2.75) is 31.0 Å². The van der Waals surface area contributed by atoms with Crippen molar-refractivity contribution in [1.82, 2.24) is 14.9 Å². The number of hydroxylamine groups is 1. The van der Waals surface area contributed by atoms with Crippen LogP contribution < -0.4 is 25.3 Å². The lowest BCUT2D eigenvalue weighted by atomic mass is 9.86. The molecule has 3 atom stereocenters. The fourth-order valence-electron chi connectivity index (χ4n) is 5.94. The quantitative estimate of drug-likeness (QED) is 0.387. The molecule has 12 heteroatoms. The molecule has 3 saturated heterocycles. The van der Waals surface area contributed by atoms with Gasteiger partial charge in [-0.05, 0) is 43.3 Å². The smallest absolute Gasteiger partial charge is 0.247 e. The summed E-state index contributed by atoms with van der Waals surface area (Å²) in [6, 6.07) is 9.64. The minimum atomic E-state index is -0.914. The van der Waals surface area contributed by atoms with Crippen molar-refractivity contribution in [3.05, 3.63) is 72.6 Å². The molecule has 2 unspecified atom stereocenters. The number of halogens is 2. The number of hydrogen-bond acceptors (Lipinski definition) is 9. The summed E-state index contributed by atoms with van der Waals surface area (Å²) < 4.78 is 33.2. The molecule has 10 nitrogen and oxygen atoms in total. The Kier molecular flexibility index (Phi) is 7.18. The van der Waals surface area contributed by atoms with E-state index in [1.807, 2.05) is 12.1 Å². The van der Waals surface area contributed by atoms with Crippen LogP contribution in [0.25, 0.3) is 0 Å². The number of piperazine rings is 1. The lowest BCUT2D eigenvalue weighted by Gasteiger charge is -2.57. The third-order valence-electron chi connectivity index (χ3n) is 7.79. The van der Waals surface area contributed by atoms with Gasteiger partial charge in [-0.3, -0.25) is 9.63 Å². The third-order valence-corrected chi connectivity index (χ3v) is 7.79. The third kappa shape index (κ3) is 5.16. The summed E-state index contributed by atoms with van der Waals surface area (Å²) in [5, 5.41) is 7.81. The zero-order valence-corrected chi connectivity index (χ0v) is 22.8. The highest BCUT2D eigenvalue weighted by Crippen LogP contribution is 2.45. The number of likely N-dealkylation sites (N-methyl/N-ethyl adjacent to an activating group) is 1. The molecule has 0 aliphatic carbocycles. The topological polar surface area (TPSA) is 95.1 Å². The molecule has 0 radical (unpaired) electrons. The Balaban J connectivity index is 1.30. The van der Waals surface area contributed by atoms with Crippen LogP contribution in [0.5, 0.6) is 5.75 Å². The number of hydrogen-bond donors (Lipinski definition) is 2. The van der Waals surface area contributed by atoms with E-state index >= 15 is 0 Å². The molecule has 4 heterocycles. The number of likely N-dealkylation sites (tertiary alicyclic amines) is 1. The molecule has 214 valence electrons. The largest absolute Gasteiger partial charge is 0.494 e. The van der Waals surface area contributed by atoms with Gasteiger partial charge >= 0.3 is 0 Å². The van der Waals surface area contributed by atoms with Crippen molar-refractivity contribution in [1.29, 1.82) is 0 Å². The van der Waals surface area contributed by atoms with E-state index in [0.29, 0.717) is 59.4 Å². The molecule has 2 bridgehead atoms. The second-order valence-corrected chi connectivity index (χ2v) is 10.5. The van der Waals surface area contributed by atoms with E-state index in [9.17, 15) is 13.6 Å². The summed E-state index contributed by atoms with van der Waals surface area (Å²) in [6.07, 6.45) is 4.31. The molecule has 0 spiro atoms. The average molecular weight is 564 g/mol. The van der Waals surface area contributed by atoms with Crippen molar-refractivity contribution in [2.75, 3.05) is 54.5 Å². The first-order valence-electron chi connectivity index (χ1n) is 13.4.